The number of hydrogen-bond acceptors (Lipinski definition) is 6. The lowest BCUT2D eigenvalue weighted by Crippen LogP contribution is -2.50. The molecule has 3 rings (SSSR count). The zero-order valence-corrected chi connectivity index (χ0v) is 18.9. The van der Waals surface area contributed by atoms with Crippen molar-refractivity contribution in [2.24, 2.45) is 0 Å². The molecule has 1 aromatic heterocycles. The molecule has 0 atom stereocenters. The van der Waals surface area contributed by atoms with Gasteiger partial charge in [0.25, 0.3) is 0 Å². The number of hydrogen-bond donors (Lipinski definition) is 1. The fraction of sp³-hybridized carbons (Fsp3) is 0.500. The van der Waals surface area contributed by atoms with Crippen LogP contribution in [0.4, 0.5) is 23.7 Å². The Balaban J connectivity index is 1.45. The second-order valence-corrected chi connectivity index (χ2v) is 7.70. The van der Waals surface area contributed by atoms with Crippen molar-refractivity contribution in [1.82, 2.24) is 19.6 Å². The SMILES string of the molecule is CCOC(=O)c1ccn(-c2cccc(NC(=O)N3CCN(CCCOCC(F)(F)F)CC3)c2)n1. The minimum Gasteiger partial charge on any atom is -0.461 e. The van der Waals surface area contributed by atoms with Gasteiger partial charge in [-0.3, -0.25) is 4.90 Å². The smallest absolute Gasteiger partial charge is 0.411 e. The largest absolute Gasteiger partial charge is 0.461 e. The Morgan fingerprint density at radius 3 is 2.62 bits per heavy atom. The number of alkyl halides is 3. The molecule has 1 aliphatic heterocycles. The number of carbonyl (C=O) groups excluding carboxylic acids is 2. The number of urea groups is 1. The molecule has 0 aliphatic carbocycles. The molecule has 1 N–H and O–H groups in total. The van der Waals surface area contributed by atoms with Crippen molar-refractivity contribution in [3.05, 3.63) is 42.2 Å². The fourth-order valence-corrected chi connectivity index (χ4v) is 3.46. The van der Waals surface area contributed by atoms with Crippen LogP contribution in [-0.4, -0.2) is 90.3 Å². The number of aromatic nitrogens is 2. The van der Waals surface area contributed by atoms with E-state index in [1.165, 1.54) is 4.68 Å². The highest BCUT2D eigenvalue weighted by Crippen LogP contribution is 2.17. The summed E-state index contributed by atoms with van der Waals surface area (Å²) in [7, 11) is 0. The van der Waals surface area contributed by atoms with E-state index in [4.69, 9.17) is 4.74 Å². The number of piperazine rings is 1. The average molecular weight is 483 g/mol. The van der Waals surface area contributed by atoms with Gasteiger partial charge in [0.1, 0.15) is 6.61 Å². The Hall–Kier alpha value is -3.12. The molecule has 1 aromatic carbocycles. The van der Waals surface area contributed by atoms with E-state index in [1.807, 2.05) is 0 Å². The van der Waals surface area contributed by atoms with Crippen LogP contribution < -0.4 is 5.32 Å². The summed E-state index contributed by atoms with van der Waals surface area (Å²) in [6, 6.07) is 8.40. The Morgan fingerprint density at radius 2 is 1.91 bits per heavy atom. The van der Waals surface area contributed by atoms with Crippen molar-refractivity contribution in [1.29, 1.82) is 0 Å². The molecule has 34 heavy (non-hydrogen) atoms. The topological polar surface area (TPSA) is 88.9 Å². The van der Waals surface area contributed by atoms with Crippen molar-refractivity contribution >= 4 is 17.7 Å². The maximum absolute atomic E-state index is 12.7. The van der Waals surface area contributed by atoms with Crippen LogP contribution in [0.15, 0.2) is 36.5 Å². The van der Waals surface area contributed by atoms with E-state index in [0.717, 1.165) is 0 Å². The number of carbonyl (C=O) groups is 2. The van der Waals surface area contributed by atoms with Gasteiger partial charge in [-0.25, -0.2) is 14.3 Å². The highest BCUT2D eigenvalue weighted by Gasteiger charge is 2.27. The van der Waals surface area contributed by atoms with Gasteiger partial charge in [0.05, 0.1) is 12.3 Å². The number of ether oxygens (including phenoxy) is 2. The summed E-state index contributed by atoms with van der Waals surface area (Å²) in [4.78, 5) is 28.3. The Labute approximate surface area is 195 Å². The van der Waals surface area contributed by atoms with Gasteiger partial charge in [-0.2, -0.15) is 18.3 Å². The monoisotopic (exact) mass is 483 g/mol. The lowest BCUT2D eigenvalue weighted by atomic mass is 10.2. The number of anilines is 1. The van der Waals surface area contributed by atoms with E-state index in [-0.39, 0.29) is 24.9 Å². The van der Waals surface area contributed by atoms with Crippen LogP contribution in [0.1, 0.15) is 23.8 Å². The zero-order chi connectivity index (χ0) is 24.6. The van der Waals surface area contributed by atoms with Crippen LogP contribution in [0.3, 0.4) is 0 Å². The maximum atomic E-state index is 12.7. The van der Waals surface area contributed by atoms with E-state index < -0.39 is 18.8 Å². The van der Waals surface area contributed by atoms with Gasteiger partial charge < -0.3 is 19.7 Å². The van der Waals surface area contributed by atoms with Crippen molar-refractivity contribution < 1.29 is 32.2 Å². The highest BCUT2D eigenvalue weighted by atomic mass is 19.4. The fourth-order valence-electron chi connectivity index (χ4n) is 3.46. The molecule has 1 fully saturated rings. The summed E-state index contributed by atoms with van der Waals surface area (Å²) >= 11 is 0. The molecule has 9 nitrogen and oxygen atoms in total. The molecular weight excluding hydrogens is 455 g/mol. The molecule has 1 aliphatic rings. The summed E-state index contributed by atoms with van der Waals surface area (Å²) < 4.78 is 47.3. The van der Waals surface area contributed by atoms with Crippen molar-refractivity contribution in [2.75, 3.05) is 57.9 Å². The molecule has 2 aromatic rings. The summed E-state index contributed by atoms with van der Waals surface area (Å²) in [5.41, 5.74) is 1.45. The first-order valence-corrected chi connectivity index (χ1v) is 11.0. The summed E-state index contributed by atoms with van der Waals surface area (Å²) in [6.07, 6.45) is -2.16. The Bertz CT molecular complexity index is 958. The number of amides is 2. The quantitative estimate of drug-likeness (QED) is 0.436. The number of rotatable bonds is 9. The second kappa shape index (κ2) is 11.8. The summed E-state index contributed by atoms with van der Waals surface area (Å²) in [5.74, 6) is -0.501. The van der Waals surface area contributed by atoms with Crippen LogP contribution >= 0.6 is 0 Å². The van der Waals surface area contributed by atoms with E-state index in [0.29, 0.717) is 50.5 Å². The first kappa shape index (κ1) is 25.5. The first-order valence-electron chi connectivity index (χ1n) is 11.0. The maximum Gasteiger partial charge on any atom is 0.411 e. The van der Waals surface area contributed by atoms with Crippen molar-refractivity contribution in [3.8, 4) is 5.69 Å². The predicted octanol–water partition coefficient (Wildman–Crippen LogP) is 3.17. The van der Waals surface area contributed by atoms with Crippen molar-refractivity contribution in [2.45, 2.75) is 19.5 Å². The van der Waals surface area contributed by atoms with Gasteiger partial charge >= 0.3 is 18.2 Å². The normalized spacial score (nSPS) is 14.8. The third-order valence-electron chi connectivity index (χ3n) is 5.12. The number of nitrogens with zero attached hydrogens (tertiary/aromatic N) is 4. The van der Waals surface area contributed by atoms with Crippen LogP contribution in [0.5, 0.6) is 0 Å². The van der Waals surface area contributed by atoms with Gasteiger partial charge in [0.2, 0.25) is 0 Å². The number of esters is 1. The van der Waals surface area contributed by atoms with Crippen LogP contribution in [0, 0.1) is 0 Å². The van der Waals surface area contributed by atoms with Crippen molar-refractivity contribution in [3.63, 3.8) is 0 Å². The molecule has 2 amide bonds. The molecule has 12 heteroatoms. The zero-order valence-electron chi connectivity index (χ0n) is 18.9. The molecular formula is C22H28F3N5O4. The second-order valence-electron chi connectivity index (χ2n) is 7.70. The van der Waals surface area contributed by atoms with Gasteiger partial charge in [-0.05, 0) is 37.6 Å². The minimum absolute atomic E-state index is 0.0497. The van der Waals surface area contributed by atoms with Gasteiger partial charge in [-0.1, -0.05) is 6.07 Å². The van der Waals surface area contributed by atoms with Gasteiger partial charge in [0, 0.05) is 51.2 Å². The van der Waals surface area contributed by atoms with Crippen LogP contribution in [0.25, 0.3) is 5.69 Å². The average Bonchev–Trinajstić information content (AvgIpc) is 3.29. The first-order chi connectivity index (χ1) is 16.2. The third kappa shape index (κ3) is 7.73. The molecule has 1 saturated heterocycles. The summed E-state index contributed by atoms with van der Waals surface area (Å²) in [5, 5.41) is 7.08. The van der Waals surface area contributed by atoms with E-state index in [1.54, 1.807) is 48.4 Å². The van der Waals surface area contributed by atoms with Crippen LogP contribution in [-0.2, 0) is 9.47 Å². The number of benzene rings is 1. The lowest BCUT2D eigenvalue weighted by Gasteiger charge is -2.34. The molecule has 186 valence electrons. The lowest BCUT2D eigenvalue weighted by molar-refractivity contribution is -0.174. The minimum atomic E-state index is -4.30. The van der Waals surface area contributed by atoms with Gasteiger partial charge in [-0.15, -0.1) is 0 Å². The Morgan fingerprint density at radius 1 is 1.15 bits per heavy atom. The third-order valence-corrected chi connectivity index (χ3v) is 5.12. The molecule has 0 spiro atoms. The van der Waals surface area contributed by atoms with E-state index in [2.05, 4.69) is 20.1 Å². The molecule has 0 bridgehead atoms. The van der Waals surface area contributed by atoms with Gasteiger partial charge in [0.15, 0.2) is 5.69 Å². The van der Waals surface area contributed by atoms with E-state index in [9.17, 15) is 22.8 Å². The standard InChI is InChI=1S/C22H28F3N5O4/c1-2-34-20(31)19-7-9-30(27-19)18-6-3-5-17(15-18)26-21(32)29-12-10-28(11-13-29)8-4-14-33-16-22(23,24)25/h3,5-7,9,15H,2,4,8,10-14,16H2,1H3,(H,26,32). The molecule has 2 heterocycles. The highest BCUT2D eigenvalue weighted by molar-refractivity contribution is 5.90. The predicted molar refractivity (Wildman–Crippen MR) is 118 cm³/mol. The molecule has 0 saturated carbocycles. The molecule has 0 unspecified atom stereocenters. The van der Waals surface area contributed by atoms with Crippen LogP contribution in [0.2, 0.25) is 0 Å². The van der Waals surface area contributed by atoms with E-state index >= 15 is 0 Å². The number of halogens is 3. The Kier molecular flexibility index (Phi) is 8.88. The summed E-state index contributed by atoms with van der Waals surface area (Å²) in [6.45, 7) is 3.72. The molecule has 0 radical (unpaired) electrons. The number of nitrogens with one attached hydrogen (secondary N) is 1.